The number of ether oxygens (including phenoxy) is 2. The Morgan fingerprint density at radius 3 is 2.50 bits per heavy atom. The van der Waals surface area contributed by atoms with Gasteiger partial charge in [0.05, 0.1) is 13.2 Å². The molecular weight excluding hydrogens is 132 g/mol. The summed E-state index contributed by atoms with van der Waals surface area (Å²) < 4.78 is 10.4. The van der Waals surface area contributed by atoms with Gasteiger partial charge in [0, 0.05) is 6.61 Å². The molecule has 1 aliphatic rings. The molecule has 1 rings (SSSR count). The van der Waals surface area contributed by atoms with Crippen LogP contribution in [0.15, 0.2) is 0 Å². The van der Waals surface area contributed by atoms with E-state index in [1.807, 2.05) is 0 Å². The van der Waals surface area contributed by atoms with Gasteiger partial charge >= 0.3 is 0 Å². The number of hydrogen-bond donors (Lipinski definition) is 1. The molecule has 10 heavy (non-hydrogen) atoms. The lowest BCUT2D eigenvalue weighted by Crippen LogP contribution is -2.06. The molecule has 0 spiro atoms. The van der Waals surface area contributed by atoms with Crippen LogP contribution in [0.1, 0.15) is 19.3 Å². The first kappa shape index (κ1) is 7.98. The van der Waals surface area contributed by atoms with E-state index in [4.69, 9.17) is 14.6 Å². The van der Waals surface area contributed by atoms with Gasteiger partial charge in [0.2, 0.25) is 0 Å². The number of rotatable bonds is 4. The summed E-state index contributed by atoms with van der Waals surface area (Å²) >= 11 is 0. The molecule has 0 aromatic heterocycles. The maximum atomic E-state index is 8.46. The van der Waals surface area contributed by atoms with E-state index in [0.717, 1.165) is 32.5 Å². The van der Waals surface area contributed by atoms with Crippen LogP contribution in [-0.2, 0) is 9.47 Å². The lowest BCUT2D eigenvalue weighted by Gasteiger charge is -2.06. The predicted octanol–water partition coefficient (Wildman–Crippen LogP) is 0.522. The van der Waals surface area contributed by atoms with Gasteiger partial charge in [-0.2, -0.15) is 0 Å². The Kier molecular flexibility index (Phi) is 3.72. The maximum Gasteiger partial charge on any atom is 0.157 e. The van der Waals surface area contributed by atoms with Crippen molar-refractivity contribution >= 4 is 0 Å². The van der Waals surface area contributed by atoms with Crippen LogP contribution in [0, 0.1) is 0 Å². The summed E-state index contributed by atoms with van der Waals surface area (Å²) in [6, 6.07) is 0. The molecule has 0 atom stereocenters. The van der Waals surface area contributed by atoms with Gasteiger partial charge in [0.25, 0.3) is 0 Å². The highest BCUT2D eigenvalue weighted by atomic mass is 16.7. The molecule has 1 heterocycles. The van der Waals surface area contributed by atoms with Gasteiger partial charge in [-0.1, -0.05) is 0 Å². The lowest BCUT2D eigenvalue weighted by molar-refractivity contribution is -0.0483. The third kappa shape index (κ3) is 2.64. The van der Waals surface area contributed by atoms with Gasteiger partial charge in [0.1, 0.15) is 0 Å². The molecule has 1 fully saturated rings. The fourth-order valence-corrected chi connectivity index (χ4v) is 0.997. The van der Waals surface area contributed by atoms with E-state index in [9.17, 15) is 0 Å². The Labute approximate surface area is 60.9 Å². The van der Waals surface area contributed by atoms with E-state index in [1.54, 1.807) is 0 Å². The van der Waals surface area contributed by atoms with Crippen molar-refractivity contribution < 1.29 is 14.6 Å². The number of aliphatic hydroxyl groups is 1. The second-order valence-corrected chi connectivity index (χ2v) is 2.39. The Hall–Kier alpha value is -0.120. The number of aliphatic hydroxyl groups excluding tert-OH is 1. The van der Waals surface area contributed by atoms with Crippen molar-refractivity contribution in [2.75, 3.05) is 19.8 Å². The van der Waals surface area contributed by atoms with Gasteiger partial charge in [-0.15, -0.1) is 0 Å². The molecule has 1 saturated heterocycles. The summed E-state index contributed by atoms with van der Waals surface area (Å²) in [5, 5.41) is 8.46. The molecule has 0 unspecified atom stereocenters. The molecule has 0 bridgehead atoms. The molecule has 1 N–H and O–H groups in total. The Morgan fingerprint density at radius 1 is 1.20 bits per heavy atom. The third-order valence-electron chi connectivity index (χ3n) is 1.54. The van der Waals surface area contributed by atoms with E-state index >= 15 is 0 Å². The molecule has 0 aliphatic carbocycles. The molecule has 60 valence electrons. The average molecular weight is 146 g/mol. The van der Waals surface area contributed by atoms with Crippen LogP contribution in [0.3, 0.4) is 0 Å². The minimum absolute atomic E-state index is 0.00606. The van der Waals surface area contributed by atoms with E-state index in [0.29, 0.717) is 0 Å². The number of unbranched alkanes of at least 4 members (excludes halogenated alkanes) is 1. The van der Waals surface area contributed by atoms with Crippen molar-refractivity contribution in [3.63, 3.8) is 0 Å². The fraction of sp³-hybridized carbons (Fsp3) is 1.00. The summed E-state index contributed by atoms with van der Waals surface area (Å²) in [7, 11) is 0. The normalized spacial score (nSPS) is 20.1. The molecular formula is C7H14O3. The van der Waals surface area contributed by atoms with Crippen LogP contribution in [0.5, 0.6) is 0 Å². The SMILES string of the molecule is OCCCCC1OCCO1. The smallest absolute Gasteiger partial charge is 0.157 e. The molecule has 3 heteroatoms. The first-order valence-corrected chi connectivity index (χ1v) is 3.77. The molecule has 0 radical (unpaired) electrons. The van der Waals surface area contributed by atoms with Gasteiger partial charge in [-0.3, -0.25) is 0 Å². The highest BCUT2D eigenvalue weighted by Gasteiger charge is 2.14. The van der Waals surface area contributed by atoms with E-state index in [-0.39, 0.29) is 12.9 Å². The Bertz CT molecular complexity index is 78.9. The summed E-state index contributed by atoms with van der Waals surface area (Å²) in [6.45, 7) is 1.72. The zero-order valence-electron chi connectivity index (χ0n) is 6.08. The third-order valence-corrected chi connectivity index (χ3v) is 1.54. The lowest BCUT2D eigenvalue weighted by atomic mass is 10.2. The van der Waals surface area contributed by atoms with Crippen LogP contribution >= 0.6 is 0 Å². The summed E-state index contributed by atoms with van der Waals surface area (Å²) in [5.74, 6) is 0. The monoisotopic (exact) mass is 146 g/mol. The highest BCUT2D eigenvalue weighted by molar-refractivity contribution is 4.51. The van der Waals surface area contributed by atoms with Crippen LogP contribution in [0.4, 0.5) is 0 Å². The van der Waals surface area contributed by atoms with Gasteiger partial charge in [-0.25, -0.2) is 0 Å². The van der Waals surface area contributed by atoms with E-state index < -0.39 is 0 Å². The minimum Gasteiger partial charge on any atom is -0.396 e. The maximum absolute atomic E-state index is 8.46. The van der Waals surface area contributed by atoms with Crippen molar-refractivity contribution in [2.24, 2.45) is 0 Å². The summed E-state index contributed by atoms with van der Waals surface area (Å²) in [4.78, 5) is 0. The van der Waals surface area contributed by atoms with E-state index in [2.05, 4.69) is 0 Å². The van der Waals surface area contributed by atoms with Crippen LogP contribution in [0.2, 0.25) is 0 Å². The van der Waals surface area contributed by atoms with E-state index in [1.165, 1.54) is 0 Å². The van der Waals surface area contributed by atoms with Crippen LogP contribution in [-0.4, -0.2) is 31.2 Å². The quantitative estimate of drug-likeness (QED) is 0.588. The molecule has 1 aliphatic heterocycles. The predicted molar refractivity (Wildman–Crippen MR) is 36.6 cm³/mol. The van der Waals surface area contributed by atoms with Gasteiger partial charge < -0.3 is 14.6 Å². The zero-order valence-corrected chi connectivity index (χ0v) is 6.08. The van der Waals surface area contributed by atoms with Crippen LogP contribution in [0.25, 0.3) is 0 Å². The summed E-state index contributed by atoms with van der Waals surface area (Å²) in [5.41, 5.74) is 0. The largest absolute Gasteiger partial charge is 0.396 e. The van der Waals surface area contributed by atoms with Crippen molar-refractivity contribution in [1.29, 1.82) is 0 Å². The standard InChI is InChI=1S/C7H14O3/c8-4-2-1-3-7-9-5-6-10-7/h7-8H,1-6H2. The second kappa shape index (κ2) is 4.66. The topological polar surface area (TPSA) is 38.7 Å². The fourth-order valence-electron chi connectivity index (χ4n) is 0.997. The van der Waals surface area contributed by atoms with Gasteiger partial charge in [-0.05, 0) is 19.3 Å². The molecule has 0 amide bonds. The number of hydrogen-bond acceptors (Lipinski definition) is 3. The Morgan fingerprint density at radius 2 is 1.90 bits per heavy atom. The zero-order chi connectivity index (χ0) is 7.23. The van der Waals surface area contributed by atoms with Crippen molar-refractivity contribution in [3.05, 3.63) is 0 Å². The van der Waals surface area contributed by atoms with Crippen molar-refractivity contribution in [1.82, 2.24) is 0 Å². The van der Waals surface area contributed by atoms with Crippen molar-refractivity contribution in [3.8, 4) is 0 Å². The molecule has 0 aromatic carbocycles. The molecule has 3 nitrogen and oxygen atoms in total. The van der Waals surface area contributed by atoms with Crippen LogP contribution < -0.4 is 0 Å². The first-order valence-electron chi connectivity index (χ1n) is 3.77. The Balaban J connectivity index is 1.91. The first-order chi connectivity index (χ1) is 4.93. The molecule has 0 aromatic rings. The second-order valence-electron chi connectivity index (χ2n) is 2.39. The molecule has 0 saturated carbocycles. The highest BCUT2D eigenvalue weighted by Crippen LogP contribution is 2.10. The van der Waals surface area contributed by atoms with Crippen molar-refractivity contribution in [2.45, 2.75) is 25.6 Å². The van der Waals surface area contributed by atoms with Gasteiger partial charge in [0.15, 0.2) is 6.29 Å². The minimum atomic E-state index is 0.00606. The summed E-state index contributed by atoms with van der Waals surface area (Å²) in [6.07, 6.45) is 2.76. The average Bonchev–Trinajstić information content (AvgIpc) is 2.41.